The van der Waals surface area contributed by atoms with Crippen molar-refractivity contribution >= 4 is 11.8 Å². The van der Waals surface area contributed by atoms with Crippen LogP contribution >= 0.6 is 0 Å². The largest absolute Gasteiger partial charge is 0.494 e. The van der Waals surface area contributed by atoms with Crippen LogP contribution in [0.2, 0.25) is 0 Å². The van der Waals surface area contributed by atoms with Crippen LogP contribution in [0.5, 0.6) is 5.75 Å². The van der Waals surface area contributed by atoms with Crippen LogP contribution in [0.3, 0.4) is 0 Å². The Hall–Kier alpha value is -2.82. The minimum atomic E-state index is -0.527. The van der Waals surface area contributed by atoms with Crippen molar-refractivity contribution in [1.29, 1.82) is 0 Å². The number of aryl methyl sites for hydroxylation is 2. The Kier molecular flexibility index (Phi) is 8.71. The summed E-state index contributed by atoms with van der Waals surface area (Å²) in [5.41, 5.74) is 3.33. The highest BCUT2D eigenvalue weighted by molar-refractivity contribution is 5.87. The van der Waals surface area contributed by atoms with E-state index in [4.69, 9.17) is 4.74 Å². The third-order valence-electron chi connectivity index (χ3n) is 4.78. The minimum absolute atomic E-state index is 0.0437. The van der Waals surface area contributed by atoms with Crippen LogP contribution in [0.4, 0.5) is 0 Å². The van der Waals surface area contributed by atoms with Gasteiger partial charge >= 0.3 is 0 Å². The van der Waals surface area contributed by atoms with Crippen LogP contribution in [0, 0.1) is 13.8 Å². The fourth-order valence-electron chi connectivity index (χ4n) is 3.10. The molecule has 0 bridgehead atoms. The lowest BCUT2D eigenvalue weighted by molar-refractivity contribution is -0.140. The third-order valence-corrected chi connectivity index (χ3v) is 4.78. The first-order valence-electron chi connectivity index (χ1n) is 10.2. The molecule has 0 aromatic heterocycles. The monoisotopic (exact) mass is 396 g/mol. The van der Waals surface area contributed by atoms with Crippen molar-refractivity contribution < 1.29 is 14.3 Å². The van der Waals surface area contributed by atoms with E-state index < -0.39 is 6.04 Å². The van der Waals surface area contributed by atoms with E-state index in [0.29, 0.717) is 32.5 Å². The van der Waals surface area contributed by atoms with Gasteiger partial charge in [-0.15, -0.1) is 0 Å². The molecule has 0 spiro atoms. The number of likely N-dealkylation sites (N-methyl/N-ethyl adjacent to an activating group) is 1. The standard InChI is InChI=1S/C24H32N2O3/c1-5-25-24(28)20(4)26(17-21-9-6-8-19(3)16-21)23(27)10-7-15-29-22-13-11-18(2)12-14-22/h6,8-9,11-14,16,20H,5,7,10,15,17H2,1-4H3,(H,25,28)/t20-/m0/s1. The summed E-state index contributed by atoms with van der Waals surface area (Å²) in [6, 6.07) is 15.3. The van der Waals surface area contributed by atoms with Gasteiger partial charge in [0.05, 0.1) is 6.61 Å². The molecule has 2 amide bonds. The van der Waals surface area contributed by atoms with Crippen molar-refractivity contribution in [2.45, 2.75) is 53.1 Å². The number of rotatable bonds is 10. The van der Waals surface area contributed by atoms with Crippen LogP contribution in [-0.2, 0) is 16.1 Å². The molecular formula is C24H32N2O3. The summed E-state index contributed by atoms with van der Waals surface area (Å²) in [4.78, 5) is 26.9. The number of nitrogens with one attached hydrogen (secondary N) is 1. The van der Waals surface area contributed by atoms with Gasteiger partial charge in [-0.2, -0.15) is 0 Å². The molecular weight excluding hydrogens is 364 g/mol. The second-order valence-corrected chi connectivity index (χ2v) is 7.35. The molecule has 29 heavy (non-hydrogen) atoms. The summed E-state index contributed by atoms with van der Waals surface area (Å²) in [5, 5.41) is 2.81. The van der Waals surface area contributed by atoms with Crippen LogP contribution in [-0.4, -0.2) is 35.9 Å². The van der Waals surface area contributed by atoms with Gasteiger partial charge in [0, 0.05) is 19.5 Å². The van der Waals surface area contributed by atoms with Crippen molar-refractivity contribution in [3.8, 4) is 5.75 Å². The lowest BCUT2D eigenvalue weighted by Crippen LogP contribution is -2.47. The lowest BCUT2D eigenvalue weighted by Gasteiger charge is -2.29. The summed E-state index contributed by atoms with van der Waals surface area (Å²) in [7, 11) is 0. The molecule has 0 aliphatic heterocycles. The summed E-state index contributed by atoms with van der Waals surface area (Å²) in [5.74, 6) is 0.623. The second kappa shape index (κ2) is 11.2. The Balaban J connectivity index is 1.97. The van der Waals surface area contributed by atoms with Crippen molar-refractivity contribution in [1.82, 2.24) is 10.2 Å². The highest BCUT2D eigenvalue weighted by Crippen LogP contribution is 2.15. The zero-order valence-electron chi connectivity index (χ0n) is 17.9. The molecule has 1 N–H and O–H groups in total. The Bertz CT molecular complexity index is 802. The number of ether oxygens (including phenoxy) is 1. The smallest absolute Gasteiger partial charge is 0.242 e. The maximum Gasteiger partial charge on any atom is 0.242 e. The van der Waals surface area contributed by atoms with E-state index in [-0.39, 0.29) is 11.8 Å². The van der Waals surface area contributed by atoms with Gasteiger partial charge in [-0.3, -0.25) is 9.59 Å². The molecule has 5 nitrogen and oxygen atoms in total. The molecule has 0 heterocycles. The van der Waals surface area contributed by atoms with Gasteiger partial charge in [0.1, 0.15) is 11.8 Å². The number of hydrogen-bond donors (Lipinski definition) is 1. The number of carbonyl (C=O) groups excluding carboxylic acids is 2. The van der Waals surface area contributed by atoms with Crippen molar-refractivity contribution in [3.05, 3.63) is 65.2 Å². The van der Waals surface area contributed by atoms with Gasteiger partial charge < -0.3 is 15.0 Å². The topological polar surface area (TPSA) is 58.6 Å². The van der Waals surface area contributed by atoms with E-state index in [9.17, 15) is 9.59 Å². The second-order valence-electron chi connectivity index (χ2n) is 7.35. The maximum atomic E-state index is 12.9. The number of benzene rings is 2. The van der Waals surface area contributed by atoms with E-state index in [0.717, 1.165) is 16.9 Å². The van der Waals surface area contributed by atoms with Gasteiger partial charge in [0.2, 0.25) is 11.8 Å². The summed E-state index contributed by atoms with van der Waals surface area (Å²) >= 11 is 0. The van der Waals surface area contributed by atoms with Gasteiger partial charge in [-0.05, 0) is 51.8 Å². The molecule has 0 saturated carbocycles. The summed E-state index contributed by atoms with van der Waals surface area (Å²) in [6.45, 7) is 9.12. The van der Waals surface area contributed by atoms with E-state index in [1.807, 2.05) is 69.3 Å². The molecule has 1 atom stereocenters. The van der Waals surface area contributed by atoms with E-state index in [1.54, 1.807) is 11.8 Å². The van der Waals surface area contributed by atoms with Gasteiger partial charge in [-0.1, -0.05) is 47.5 Å². The molecule has 0 fully saturated rings. The van der Waals surface area contributed by atoms with Gasteiger partial charge in [-0.25, -0.2) is 0 Å². The highest BCUT2D eigenvalue weighted by atomic mass is 16.5. The van der Waals surface area contributed by atoms with Gasteiger partial charge in [0.15, 0.2) is 0 Å². The molecule has 0 aliphatic carbocycles. The average molecular weight is 397 g/mol. The number of nitrogens with zero attached hydrogens (tertiary/aromatic N) is 1. The maximum absolute atomic E-state index is 12.9. The molecule has 0 unspecified atom stereocenters. The van der Waals surface area contributed by atoms with Crippen molar-refractivity contribution in [2.24, 2.45) is 0 Å². The molecule has 0 aliphatic rings. The number of hydrogen-bond acceptors (Lipinski definition) is 3. The summed E-state index contributed by atoms with van der Waals surface area (Å²) < 4.78 is 5.72. The predicted molar refractivity (Wildman–Crippen MR) is 116 cm³/mol. The van der Waals surface area contributed by atoms with E-state index in [2.05, 4.69) is 5.32 Å². The Morgan fingerprint density at radius 2 is 1.79 bits per heavy atom. The van der Waals surface area contributed by atoms with E-state index >= 15 is 0 Å². The first kappa shape index (κ1) is 22.5. The fraction of sp³-hybridized carbons (Fsp3) is 0.417. The Morgan fingerprint density at radius 1 is 1.07 bits per heavy atom. The van der Waals surface area contributed by atoms with Crippen LogP contribution < -0.4 is 10.1 Å². The first-order valence-corrected chi connectivity index (χ1v) is 10.2. The third kappa shape index (κ3) is 7.26. The minimum Gasteiger partial charge on any atom is -0.494 e. The molecule has 0 radical (unpaired) electrons. The zero-order chi connectivity index (χ0) is 21.2. The quantitative estimate of drug-likeness (QED) is 0.617. The highest BCUT2D eigenvalue weighted by Gasteiger charge is 2.25. The fourth-order valence-corrected chi connectivity index (χ4v) is 3.10. The molecule has 5 heteroatoms. The van der Waals surface area contributed by atoms with Crippen LogP contribution in [0.1, 0.15) is 43.4 Å². The Labute approximate surface area is 174 Å². The molecule has 156 valence electrons. The average Bonchev–Trinajstić information content (AvgIpc) is 2.70. The van der Waals surface area contributed by atoms with E-state index in [1.165, 1.54) is 5.56 Å². The van der Waals surface area contributed by atoms with Crippen molar-refractivity contribution in [2.75, 3.05) is 13.2 Å². The molecule has 0 saturated heterocycles. The SMILES string of the molecule is CCNC(=O)[C@H](C)N(Cc1cccc(C)c1)C(=O)CCCOc1ccc(C)cc1. The van der Waals surface area contributed by atoms with Crippen molar-refractivity contribution in [3.63, 3.8) is 0 Å². The number of amides is 2. The van der Waals surface area contributed by atoms with Gasteiger partial charge in [0.25, 0.3) is 0 Å². The summed E-state index contributed by atoms with van der Waals surface area (Å²) in [6.07, 6.45) is 0.931. The first-order chi connectivity index (χ1) is 13.9. The molecule has 2 aromatic rings. The normalized spacial score (nSPS) is 11.6. The number of carbonyl (C=O) groups is 2. The Morgan fingerprint density at radius 3 is 2.45 bits per heavy atom. The van der Waals surface area contributed by atoms with Crippen LogP contribution in [0.15, 0.2) is 48.5 Å². The van der Waals surface area contributed by atoms with Crippen LogP contribution in [0.25, 0.3) is 0 Å². The lowest BCUT2D eigenvalue weighted by atomic mass is 10.1. The zero-order valence-corrected chi connectivity index (χ0v) is 17.9. The molecule has 2 aromatic carbocycles. The molecule has 2 rings (SSSR count). The predicted octanol–water partition coefficient (Wildman–Crippen LogP) is 4.02.